The van der Waals surface area contributed by atoms with Gasteiger partial charge in [-0.05, 0) is 52.0 Å². The van der Waals surface area contributed by atoms with Crippen LogP contribution < -0.4 is 15.0 Å². The van der Waals surface area contributed by atoms with Gasteiger partial charge in [0.05, 0.1) is 12.2 Å². The van der Waals surface area contributed by atoms with Crippen LogP contribution in [0.25, 0.3) is 0 Å². The smallest absolute Gasteiger partial charge is 0.338 e. The maximum absolute atomic E-state index is 11.7. The number of anilines is 2. The molecule has 2 aromatic rings. The van der Waals surface area contributed by atoms with Crippen LogP contribution in [0.2, 0.25) is 0 Å². The van der Waals surface area contributed by atoms with E-state index in [1.165, 1.54) is 0 Å². The lowest BCUT2D eigenvalue weighted by Crippen LogP contribution is -2.25. The van der Waals surface area contributed by atoms with Gasteiger partial charge in [-0.3, -0.25) is 0 Å². The summed E-state index contributed by atoms with van der Waals surface area (Å²) in [7, 11) is 0. The number of carbonyl (C=O) groups is 1. The fourth-order valence-electron chi connectivity index (χ4n) is 2.26. The summed E-state index contributed by atoms with van der Waals surface area (Å²) in [5.41, 5.74) is 0.465. The molecule has 0 spiro atoms. The Morgan fingerprint density at radius 1 is 1.04 bits per heavy atom. The molecule has 1 aromatic carbocycles. The third kappa shape index (κ3) is 5.05. The van der Waals surface area contributed by atoms with Gasteiger partial charge in [0, 0.05) is 19.6 Å². The predicted octanol–water partition coefficient (Wildman–Crippen LogP) is 3.12. The number of carbonyl (C=O) groups excluding carboxylic acids is 1. The van der Waals surface area contributed by atoms with Crippen molar-refractivity contribution >= 4 is 17.9 Å². The lowest BCUT2D eigenvalue weighted by molar-refractivity contribution is 0.0526. The number of hydrogen-bond acceptors (Lipinski definition) is 8. The molecule has 26 heavy (non-hydrogen) atoms. The Hall–Kier alpha value is -2.90. The van der Waals surface area contributed by atoms with Gasteiger partial charge in [0.2, 0.25) is 11.9 Å². The Balaban J connectivity index is 2.23. The Labute approximate surface area is 153 Å². The standard InChI is InChI=1S/C18H25N5O3/c1-5-19-16-20-17(23(6-2)7-3)22-18(21-16)26-14-11-9-13(10-12-14)15(24)25-8-4/h9-12H,5-8H2,1-4H3,(H,19,20,21,22). The second-order valence-corrected chi connectivity index (χ2v) is 5.29. The zero-order valence-electron chi connectivity index (χ0n) is 15.7. The summed E-state index contributed by atoms with van der Waals surface area (Å²) in [6, 6.07) is 6.85. The lowest BCUT2D eigenvalue weighted by atomic mass is 10.2. The molecule has 0 fully saturated rings. The number of aromatic nitrogens is 3. The summed E-state index contributed by atoms with van der Waals surface area (Å²) in [4.78, 5) is 26.8. The van der Waals surface area contributed by atoms with E-state index in [0.29, 0.717) is 36.4 Å². The largest absolute Gasteiger partial charge is 0.462 e. The normalized spacial score (nSPS) is 10.3. The molecule has 0 aliphatic carbocycles. The first-order valence-corrected chi connectivity index (χ1v) is 8.81. The van der Waals surface area contributed by atoms with Gasteiger partial charge in [-0.25, -0.2) is 4.79 Å². The van der Waals surface area contributed by atoms with E-state index in [0.717, 1.165) is 13.1 Å². The number of benzene rings is 1. The molecule has 0 saturated carbocycles. The van der Waals surface area contributed by atoms with Gasteiger partial charge in [0.1, 0.15) is 5.75 Å². The molecule has 2 rings (SSSR count). The van der Waals surface area contributed by atoms with Crippen LogP contribution in [0, 0.1) is 0 Å². The van der Waals surface area contributed by atoms with Gasteiger partial charge in [-0.15, -0.1) is 0 Å². The van der Waals surface area contributed by atoms with E-state index in [-0.39, 0.29) is 12.0 Å². The Morgan fingerprint density at radius 2 is 1.73 bits per heavy atom. The number of ether oxygens (including phenoxy) is 2. The summed E-state index contributed by atoms with van der Waals surface area (Å²) in [5.74, 6) is 1.18. The summed E-state index contributed by atoms with van der Waals surface area (Å²) in [6.45, 7) is 10.4. The monoisotopic (exact) mass is 359 g/mol. The summed E-state index contributed by atoms with van der Waals surface area (Å²) < 4.78 is 10.7. The highest BCUT2D eigenvalue weighted by atomic mass is 16.5. The quantitative estimate of drug-likeness (QED) is 0.683. The maximum atomic E-state index is 11.7. The number of hydrogen-bond donors (Lipinski definition) is 1. The third-order valence-corrected chi connectivity index (χ3v) is 3.56. The van der Waals surface area contributed by atoms with E-state index in [9.17, 15) is 4.79 Å². The van der Waals surface area contributed by atoms with E-state index in [1.807, 2.05) is 25.7 Å². The number of esters is 1. The minimum atomic E-state index is -0.363. The molecule has 0 saturated heterocycles. The molecule has 140 valence electrons. The first-order chi connectivity index (χ1) is 12.6. The first-order valence-electron chi connectivity index (χ1n) is 8.81. The van der Waals surface area contributed by atoms with Crippen LogP contribution in [0.1, 0.15) is 38.1 Å². The minimum absolute atomic E-state index is 0.196. The average molecular weight is 359 g/mol. The SMILES string of the molecule is CCNc1nc(Oc2ccc(C(=O)OCC)cc2)nc(N(CC)CC)n1. The molecule has 0 unspecified atom stereocenters. The van der Waals surface area contributed by atoms with Crippen LogP contribution in [0.15, 0.2) is 24.3 Å². The van der Waals surface area contributed by atoms with E-state index in [1.54, 1.807) is 31.2 Å². The highest BCUT2D eigenvalue weighted by Crippen LogP contribution is 2.22. The molecule has 8 heteroatoms. The molecule has 1 heterocycles. The molecule has 0 aliphatic rings. The molecular weight excluding hydrogens is 334 g/mol. The van der Waals surface area contributed by atoms with Crippen molar-refractivity contribution in [1.82, 2.24) is 15.0 Å². The fourth-order valence-corrected chi connectivity index (χ4v) is 2.26. The summed E-state index contributed by atoms with van der Waals surface area (Å²) in [6.07, 6.45) is 0. The maximum Gasteiger partial charge on any atom is 0.338 e. The van der Waals surface area contributed by atoms with Crippen molar-refractivity contribution in [2.24, 2.45) is 0 Å². The Kier molecular flexibility index (Phi) is 7.13. The second-order valence-electron chi connectivity index (χ2n) is 5.29. The van der Waals surface area contributed by atoms with Gasteiger partial charge in [-0.2, -0.15) is 15.0 Å². The molecule has 0 amide bonds. The third-order valence-electron chi connectivity index (χ3n) is 3.56. The lowest BCUT2D eigenvalue weighted by Gasteiger charge is -2.19. The van der Waals surface area contributed by atoms with Crippen molar-refractivity contribution in [2.45, 2.75) is 27.7 Å². The zero-order chi connectivity index (χ0) is 18.9. The molecule has 0 bridgehead atoms. The van der Waals surface area contributed by atoms with Crippen LogP contribution in [-0.2, 0) is 4.74 Å². The van der Waals surface area contributed by atoms with Gasteiger partial charge in [-0.1, -0.05) is 0 Å². The van der Waals surface area contributed by atoms with Crippen LogP contribution in [0.4, 0.5) is 11.9 Å². The van der Waals surface area contributed by atoms with Crippen molar-refractivity contribution in [3.05, 3.63) is 29.8 Å². The van der Waals surface area contributed by atoms with Crippen molar-refractivity contribution in [3.8, 4) is 11.8 Å². The highest BCUT2D eigenvalue weighted by Gasteiger charge is 2.13. The van der Waals surface area contributed by atoms with Crippen LogP contribution in [-0.4, -0.2) is 47.2 Å². The minimum Gasteiger partial charge on any atom is -0.462 e. The van der Waals surface area contributed by atoms with Crippen LogP contribution in [0.3, 0.4) is 0 Å². The number of nitrogens with zero attached hydrogens (tertiary/aromatic N) is 4. The van der Waals surface area contributed by atoms with Gasteiger partial charge < -0.3 is 19.7 Å². The van der Waals surface area contributed by atoms with Gasteiger partial charge >= 0.3 is 12.0 Å². The van der Waals surface area contributed by atoms with Gasteiger partial charge in [0.25, 0.3) is 0 Å². The molecule has 0 radical (unpaired) electrons. The Morgan fingerprint density at radius 3 is 2.31 bits per heavy atom. The number of nitrogens with one attached hydrogen (secondary N) is 1. The van der Waals surface area contributed by atoms with Crippen molar-refractivity contribution < 1.29 is 14.3 Å². The van der Waals surface area contributed by atoms with Gasteiger partial charge in [0.15, 0.2) is 0 Å². The van der Waals surface area contributed by atoms with Crippen molar-refractivity contribution in [1.29, 1.82) is 0 Å². The van der Waals surface area contributed by atoms with E-state index >= 15 is 0 Å². The van der Waals surface area contributed by atoms with Crippen molar-refractivity contribution in [3.63, 3.8) is 0 Å². The molecule has 8 nitrogen and oxygen atoms in total. The molecule has 0 aliphatic heterocycles. The predicted molar refractivity (Wildman–Crippen MR) is 100 cm³/mol. The van der Waals surface area contributed by atoms with E-state index in [4.69, 9.17) is 9.47 Å². The Bertz CT molecular complexity index is 717. The first kappa shape index (κ1) is 19.4. The molecule has 1 aromatic heterocycles. The summed E-state index contributed by atoms with van der Waals surface area (Å²) >= 11 is 0. The molecular formula is C18H25N5O3. The number of rotatable bonds is 9. The zero-order valence-corrected chi connectivity index (χ0v) is 15.7. The van der Waals surface area contributed by atoms with E-state index in [2.05, 4.69) is 20.3 Å². The van der Waals surface area contributed by atoms with Crippen molar-refractivity contribution in [2.75, 3.05) is 36.5 Å². The topological polar surface area (TPSA) is 89.5 Å². The fraction of sp³-hybridized carbons (Fsp3) is 0.444. The second kappa shape index (κ2) is 9.55. The average Bonchev–Trinajstić information content (AvgIpc) is 2.64. The highest BCUT2D eigenvalue weighted by molar-refractivity contribution is 5.89. The summed E-state index contributed by atoms with van der Waals surface area (Å²) in [5, 5.41) is 3.09. The van der Waals surface area contributed by atoms with Crippen LogP contribution in [0.5, 0.6) is 11.8 Å². The van der Waals surface area contributed by atoms with E-state index < -0.39 is 0 Å². The van der Waals surface area contributed by atoms with Crippen LogP contribution >= 0.6 is 0 Å². The molecule has 0 atom stereocenters. The molecule has 1 N–H and O–H groups in total.